The fourth-order valence-electron chi connectivity index (χ4n) is 3.31. The molecule has 3 rings (SSSR count). The highest BCUT2D eigenvalue weighted by molar-refractivity contribution is 8.00. The number of benzene rings is 1. The Bertz CT molecular complexity index is 526. The van der Waals surface area contributed by atoms with Crippen LogP contribution in [-0.4, -0.2) is 48.3 Å². The van der Waals surface area contributed by atoms with Gasteiger partial charge in [0.25, 0.3) is 0 Å². The maximum absolute atomic E-state index is 12.7. The maximum atomic E-state index is 12.7. The van der Waals surface area contributed by atoms with Crippen LogP contribution in [0, 0.1) is 0 Å². The van der Waals surface area contributed by atoms with E-state index in [9.17, 15) is 4.79 Å². The lowest BCUT2D eigenvalue weighted by atomic mass is 10.1. The lowest BCUT2D eigenvalue weighted by Gasteiger charge is -2.27. The number of carbonyl (C=O) groups is 1. The lowest BCUT2D eigenvalue weighted by Crippen LogP contribution is -2.42. The Hall–Kier alpha value is -0.910. The topological polar surface area (TPSA) is 41.6 Å². The second-order valence-electron chi connectivity index (χ2n) is 6.15. The molecule has 6 heteroatoms. The molecule has 1 N–H and O–H groups in total. The molecule has 0 spiro atoms. The third-order valence-electron chi connectivity index (χ3n) is 4.55. The number of ether oxygens (including phenoxy) is 1. The van der Waals surface area contributed by atoms with Crippen LogP contribution in [0.25, 0.3) is 0 Å². The molecule has 0 aliphatic carbocycles. The molecule has 2 fully saturated rings. The van der Waals surface area contributed by atoms with E-state index in [0.29, 0.717) is 12.1 Å². The SMILES string of the molecule is COc1ccc(SC(C)C(=O)N2CCC3CCC(C2)N3)cc1.Cl. The minimum atomic E-state index is -0.0509. The van der Waals surface area contributed by atoms with E-state index in [-0.39, 0.29) is 23.6 Å². The number of nitrogens with one attached hydrogen (secondary N) is 1. The number of carbonyl (C=O) groups excluding carboxylic acids is 1. The Morgan fingerprint density at radius 1 is 1.26 bits per heavy atom. The van der Waals surface area contributed by atoms with Gasteiger partial charge in [-0.15, -0.1) is 24.2 Å². The van der Waals surface area contributed by atoms with E-state index in [2.05, 4.69) is 10.2 Å². The first-order valence-corrected chi connectivity index (χ1v) is 8.89. The number of rotatable bonds is 4. The number of methoxy groups -OCH3 is 1. The zero-order valence-electron chi connectivity index (χ0n) is 13.7. The van der Waals surface area contributed by atoms with Crippen LogP contribution >= 0.6 is 24.2 Å². The standard InChI is InChI=1S/C17H24N2O2S.ClH/c1-12(22-16-7-5-15(21-2)6-8-16)17(20)19-10-9-13-3-4-14(11-19)18-13;/h5-8,12-14,18H,3-4,9-11H2,1-2H3;1H. The van der Waals surface area contributed by atoms with Crippen molar-refractivity contribution in [2.45, 2.75) is 48.4 Å². The number of likely N-dealkylation sites (tertiary alicyclic amines) is 1. The number of hydrogen-bond acceptors (Lipinski definition) is 4. The summed E-state index contributed by atoms with van der Waals surface area (Å²) in [7, 11) is 1.66. The highest BCUT2D eigenvalue weighted by Gasteiger charge is 2.32. The first-order valence-electron chi connectivity index (χ1n) is 8.01. The van der Waals surface area contributed by atoms with Crippen molar-refractivity contribution in [1.29, 1.82) is 0 Å². The van der Waals surface area contributed by atoms with Crippen LogP contribution in [0.15, 0.2) is 29.2 Å². The third kappa shape index (κ3) is 4.55. The van der Waals surface area contributed by atoms with Crippen LogP contribution in [0.2, 0.25) is 0 Å². The van der Waals surface area contributed by atoms with Crippen molar-refractivity contribution in [3.05, 3.63) is 24.3 Å². The molecule has 0 radical (unpaired) electrons. The zero-order valence-corrected chi connectivity index (χ0v) is 15.3. The number of hydrogen-bond donors (Lipinski definition) is 1. The number of nitrogens with zero attached hydrogens (tertiary/aromatic N) is 1. The molecule has 3 unspecified atom stereocenters. The van der Waals surface area contributed by atoms with Gasteiger partial charge in [-0.2, -0.15) is 0 Å². The van der Waals surface area contributed by atoms with Gasteiger partial charge < -0.3 is 15.0 Å². The summed E-state index contributed by atoms with van der Waals surface area (Å²) in [6.07, 6.45) is 3.56. The van der Waals surface area contributed by atoms with E-state index < -0.39 is 0 Å². The quantitative estimate of drug-likeness (QED) is 0.842. The normalized spacial score (nSPS) is 24.5. The minimum absolute atomic E-state index is 0. The van der Waals surface area contributed by atoms with Crippen molar-refractivity contribution in [3.63, 3.8) is 0 Å². The summed E-state index contributed by atoms with van der Waals surface area (Å²) in [6, 6.07) is 9.02. The summed E-state index contributed by atoms with van der Waals surface area (Å²) in [5.74, 6) is 1.10. The molecule has 1 aromatic carbocycles. The van der Waals surface area contributed by atoms with Crippen LogP contribution in [-0.2, 0) is 4.79 Å². The molecular weight excluding hydrogens is 332 g/mol. The average molecular weight is 357 g/mol. The van der Waals surface area contributed by atoms with Crippen molar-refractivity contribution < 1.29 is 9.53 Å². The highest BCUT2D eigenvalue weighted by Crippen LogP contribution is 2.28. The Labute approximate surface area is 148 Å². The molecule has 1 amide bonds. The zero-order chi connectivity index (χ0) is 15.5. The molecule has 2 heterocycles. The van der Waals surface area contributed by atoms with Gasteiger partial charge in [-0.05, 0) is 50.5 Å². The average Bonchev–Trinajstić information content (AvgIpc) is 2.86. The van der Waals surface area contributed by atoms with Gasteiger partial charge in [0.2, 0.25) is 5.91 Å². The number of fused-ring (bicyclic) bond motifs is 2. The van der Waals surface area contributed by atoms with Gasteiger partial charge in [-0.1, -0.05) is 0 Å². The first-order chi connectivity index (χ1) is 10.7. The predicted molar refractivity (Wildman–Crippen MR) is 96.7 cm³/mol. The maximum Gasteiger partial charge on any atom is 0.235 e. The lowest BCUT2D eigenvalue weighted by molar-refractivity contribution is -0.130. The molecule has 2 bridgehead atoms. The van der Waals surface area contributed by atoms with Crippen LogP contribution < -0.4 is 10.1 Å². The van der Waals surface area contributed by atoms with Crippen molar-refractivity contribution in [2.75, 3.05) is 20.2 Å². The monoisotopic (exact) mass is 356 g/mol. The molecule has 0 saturated carbocycles. The molecule has 1 aromatic rings. The Kier molecular flexibility index (Phi) is 6.62. The molecule has 23 heavy (non-hydrogen) atoms. The second kappa shape index (κ2) is 8.27. The van der Waals surface area contributed by atoms with Crippen LogP contribution in [0.4, 0.5) is 0 Å². The largest absolute Gasteiger partial charge is 0.497 e. The molecule has 2 aliphatic rings. The third-order valence-corrected chi connectivity index (χ3v) is 5.65. The van der Waals surface area contributed by atoms with Crippen LogP contribution in [0.5, 0.6) is 5.75 Å². The predicted octanol–water partition coefficient (Wildman–Crippen LogP) is 2.95. The molecule has 128 valence electrons. The Morgan fingerprint density at radius 3 is 2.65 bits per heavy atom. The smallest absolute Gasteiger partial charge is 0.235 e. The summed E-state index contributed by atoms with van der Waals surface area (Å²) in [5.41, 5.74) is 0. The van der Waals surface area contributed by atoms with Crippen LogP contribution in [0.1, 0.15) is 26.2 Å². The van der Waals surface area contributed by atoms with Gasteiger partial charge in [0.15, 0.2) is 0 Å². The summed E-state index contributed by atoms with van der Waals surface area (Å²) < 4.78 is 5.17. The number of thioether (sulfide) groups is 1. The molecule has 0 aromatic heterocycles. The van der Waals surface area contributed by atoms with Gasteiger partial charge >= 0.3 is 0 Å². The number of amides is 1. The van der Waals surface area contributed by atoms with Crippen LogP contribution in [0.3, 0.4) is 0 Å². The van der Waals surface area contributed by atoms with E-state index in [1.165, 1.54) is 12.8 Å². The highest BCUT2D eigenvalue weighted by atomic mass is 35.5. The summed E-state index contributed by atoms with van der Waals surface area (Å²) in [4.78, 5) is 15.9. The minimum Gasteiger partial charge on any atom is -0.497 e. The van der Waals surface area contributed by atoms with Gasteiger partial charge in [-0.25, -0.2) is 0 Å². The van der Waals surface area contributed by atoms with Crippen molar-refractivity contribution >= 4 is 30.1 Å². The van der Waals surface area contributed by atoms with E-state index >= 15 is 0 Å². The molecule has 3 atom stereocenters. The summed E-state index contributed by atoms with van der Waals surface area (Å²) in [6.45, 7) is 3.76. The summed E-state index contributed by atoms with van der Waals surface area (Å²) in [5, 5.41) is 3.57. The van der Waals surface area contributed by atoms with Crippen molar-refractivity contribution in [3.8, 4) is 5.75 Å². The van der Waals surface area contributed by atoms with E-state index in [0.717, 1.165) is 30.2 Å². The molecular formula is C17H25ClN2O2S. The Balaban J connectivity index is 0.00000192. The van der Waals surface area contributed by atoms with Gasteiger partial charge in [0.1, 0.15) is 5.75 Å². The van der Waals surface area contributed by atoms with Gasteiger partial charge in [0.05, 0.1) is 12.4 Å². The number of halogens is 1. The van der Waals surface area contributed by atoms with Crippen molar-refractivity contribution in [1.82, 2.24) is 10.2 Å². The fraction of sp³-hybridized carbons (Fsp3) is 0.588. The van der Waals surface area contributed by atoms with Gasteiger partial charge in [-0.3, -0.25) is 4.79 Å². The summed E-state index contributed by atoms with van der Waals surface area (Å²) >= 11 is 1.62. The first kappa shape index (κ1) is 18.4. The van der Waals surface area contributed by atoms with E-state index in [4.69, 9.17) is 4.74 Å². The molecule has 2 aliphatic heterocycles. The van der Waals surface area contributed by atoms with Gasteiger partial charge in [0, 0.05) is 30.1 Å². The van der Waals surface area contributed by atoms with E-state index in [1.54, 1.807) is 18.9 Å². The second-order valence-corrected chi connectivity index (χ2v) is 7.56. The van der Waals surface area contributed by atoms with Crippen molar-refractivity contribution in [2.24, 2.45) is 0 Å². The Morgan fingerprint density at radius 2 is 1.96 bits per heavy atom. The molecule has 2 saturated heterocycles. The van der Waals surface area contributed by atoms with E-state index in [1.807, 2.05) is 31.2 Å². The fourth-order valence-corrected chi connectivity index (χ4v) is 4.26. The molecule has 4 nitrogen and oxygen atoms in total.